The summed E-state index contributed by atoms with van der Waals surface area (Å²) in [4.78, 5) is 13.0. The molecule has 1 saturated carbocycles. The highest BCUT2D eigenvalue weighted by molar-refractivity contribution is 7.98. The van der Waals surface area contributed by atoms with Gasteiger partial charge in [-0.05, 0) is 37.0 Å². The van der Waals surface area contributed by atoms with Gasteiger partial charge in [0.05, 0.1) is 6.54 Å². The molecule has 3 rings (SSSR count). The molecule has 0 aliphatic heterocycles. The van der Waals surface area contributed by atoms with E-state index in [1.165, 1.54) is 25.7 Å². The van der Waals surface area contributed by atoms with E-state index in [2.05, 4.69) is 31.7 Å². The van der Waals surface area contributed by atoms with Crippen LogP contribution in [0, 0.1) is 0 Å². The van der Waals surface area contributed by atoms with Crippen molar-refractivity contribution >= 4 is 29.1 Å². The quantitative estimate of drug-likeness (QED) is 0.543. The lowest BCUT2D eigenvalue weighted by atomic mass is 10.2. The molecule has 0 saturated heterocycles. The van der Waals surface area contributed by atoms with E-state index in [4.69, 9.17) is 0 Å². The molecule has 25 heavy (non-hydrogen) atoms. The van der Waals surface area contributed by atoms with Gasteiger partial charge in [0, 0.05) is 23.9 Å². The summed E-state index contributed by atoms with van der Waals surface area (Å²) in [5.74, 6) is 1.05. The number of rotatable bonds is 8. The molecule has 0 bridgehead atoms. The van der Waals surface area contributed by atoms with Crippen LogP contribution in [0.1, 0.15) is 48.8 Å². The third-order valence-corrected chi connectivity index (χ3v) is 5.99. The van der Waals surface area contributed by atoms with Crippen molar-refractivity contribution in [2.24, 2.45) is 0 Å². The van der Waals surface area contributed by atoms with Gasteiger partial charge < -0.3 is 15.2 Å². The number of hydrogen-bond donors (Lipinski definition) is 2. The fourth-order valence-electron chi connectivity index (χ4n) is 3.24. The summed E-state index contributed by atoms with van der Waals surface area (Å²) < 4.78 is 2.33. The van der Waals surface area contributed by atoms with Crippen LogP contribution >= 0.6 is 23.1 Å². The molecule has 0 spiro atoms. The van der Waals surface area contributed by atoms with Gasteiger partial charge in [-0.3, -0.25) is 0 Å². The maximum absolute atomic E-state index is 11.8. The molecule has 1 fully saturated rings. The molecule has 2 amide bonds. The van der Waals surface area contributed by atoms with E-state index in [1.807, 2.05) is 17.5 Å². The van der Waals surface area contributed by atoms with E-state index in [0.29, 0.717) is 19.1 Å². The van der Waals surface area contributed by atoms with Crippen molar-refractivity contribution in [2.75, 3.05) is 12.8 Å². The fraction of sp³-hybridized carbons (Fsp3) is 0.588. The van der Waals surface area contributed by atoms with Gasteiger partial charge in [-0.15, -0.1) is 21.5 Å². The van der Waals surface area contributed by atoms with Crippen LogP contribution in [-0.4, -0.2) is 33.6 Å². The molecule has 6 nitrogen and oxygen atoms in total. The van der Waals surface area contributed by atoms with Crippen LogP contribution in [0.3, 0.4) is 0 Å². The van der Waals surface area contributed by atoms with Gasteiger partial charge in [0.15, 0.2) is 5.16 Å². The van der Waals surface area contributed by atoms with Crippen molar-refractivity contribution in [3.63, 3.8) is 0 Å². The molecule has 2 aromatic heterocycles. The van der Waals surface area contributed by atoms with E-state index in [-0.39, 0.29) is 6.03 Å². The molecule has 0 unspecified atom stereocenters. The van der Waals surface area contributed by atoms with Gasteiger partial charge in [-0.1, -0.05) is 30.7 Å². The number of aryl methyl sites for hydroxylation is 1. The van der Waals surface area contributed by atoms with Crippen molar-refractivity contribution < 1.29 is 4.79 Å². The summed E-state index contributed by atoms with van der Waals surface area (Å²) >= 11 is 3.31. The lowest BCUT2D eigenvalue weighted by Crippen LogP contribution is -2.35. The second-order valence-electron chi connectivity index (χ2n) is 6.20. The lowest BCUT2D eigenvalue weighted by Gasteiger charge is -2.16. The van der Waals surface area contributed by atoms with Crippen LogP contribution in [0.2, 0.25) is 0 Å². The van der Waals surface area contributed by atoms with Gasteiger partial charge in [0.1, 0.15) is 5.82 Å². The van der Waals surface area contributed by atoms with Crippen LogP contribution in [0.5, 0.6) is 0 Å². The van der Waals surface area contributed by atoms with Crippen molar-refractivity contribution in [3.05, 3.63) is 28.2 Å². The number of hydrogen-bond acceptors (Lipinski definition) is 5. The molecule has 0 radical (unpaired) electrons. The van der Waals surface area contributed by atoms with E-state index < -0.39 is 0 Å². The monoisotopic (exact) mass is 379 g/mol. The second kappa shape index (κ2) is 9.24. The third-order valence-electron chi connectivity index (χ3n) is 4.47. The molecule has 1 aliphatic rings. The number of nitrogens with zero attached hydrogens (tertiary/aromatic N) is 3. The predicted octanol–water partition coefficient (Wildman–Crippen LogP) is 3.61. The Morgan fingerprint density at radius 3 is 2.92 bits per heavy atom. The average molecular weight is 380 g/mol. The molecule has 0 atom stereocenters. The van der Waals surface area contributed by atoms with Crippen LogP contribution in [-0.2, 0) is 13.0 Å². The second-order valence-corrected chi connectivity index (χ2v) is 8.01. The summed E-state index contributed by atoms with van der Waals surface area (Å²) in [5.41, 5.74) is 0. The first-order valence-electron chi connectivity index (χ1n) is 8.80. The van der Waals surface area contributed by atoms with E-state index >= 15 is 0 Å². The standard InChI is InChI=1S/C17H25N5OS2/c1-24-17-21-20-15(22(17)13-6-2-3-7-13)9-4-10-18-16(23)19-12-14-8-5-11-25-14/h5,8,11,13H,2-4,6-7,9-10,12H2,1H3,(H2,18,19,23). The van der Waals surface area contributed by atoms with Crippen LogP contribution in [0.4, 0.5) is 4.79 Å². The first kappa shape index (κ1) is 18.3. The number of nitrogens with one attached hydrogen (secondary N) is 2. The summed E-state index contributed by atoms with van der Waals surface area (Å²) in [6, 6.07) is 4.44. The van der Waals surface area contributed by atoms with Gasteiger partial charge in [0.25, 0.3) is 0 Å². The Balaban J connectivity index is 1.42. The molecule has 8 heteroatoms. The minimum absolute atomic E-state index is 0.115. The van der Waals surface area contributed by atoms with Gasteiger partial charge in [-0.25, -0.2) is 4.79 Å². The molecule has 2 heterocycles. The zero-order valence-electron chi connectivity index (χ0n) is 14.5. The Kier molecular flexibility index (Phi) is 6.75. The maximum atomic E-state index is 11.8. The first-order valence-corrected chi connectivity index (χ1v) is 10.9. The molecule has 1 aliphatic carbocycles. The van der Waals surface area contributed by atoms with Crippen molar-refractivity contribution in [1.29, 1.82) is 0 Å². The smallest absolute Gasteiger partial charge is 0.315 e. The van der Waals surface area contributed by atoms with Gasteiger partial charge in [0.2, 0.25) is 0 Å². The number of thiophene rings is 1. The van der Waals surface area contributed by atoms with Crippen molar-refractivity contribution in [2.45, 2.75) is 56.3 Å². The SMILES string of the molecule is CSc1nnc(CCCNC(=O)NCc2cccs2)n1C1CCCC1. The number of urea groups is 1. The molecular weight excluding hydrogens is 354 g/mol. The summed E-state index contributed by atoms with van der Waals surface area (Å²) in [7, 11) is 0. The van der Waals surface area contributed by atoms with Crippen LogP contribution < -0.4 is 10.6 Å². The van der Waals surface area contributed by atoms with E-state index in [9.17, 15) is 4.79 Å². The fourth-order valence-corrected chi connectivity index (χ4v) is 4.46. The topological polar surface area (TPSA) is 71.8 Å². The first-order chi connectivity index (χ1) is 12.3. The molecule has 2 aromatic rings. The van der Waals surface area contributed by atoms with Crippen LogP contribution in [0.15, 0.2) is 22.7 Å². The Labute approximate surface area is 156 Å². The number of carbonyl (C=O) groups excluding carboxylic acids is 1. The number of aromatic nitrogens is 3. The Bertz CT molecular complexity index is 665. The minimum atomic E-state index is -0.115. The normalized spacial score (nSPS) is 14.8. The zero-order valence-corrected chi connectivity index (χ0v) is 16.2. The minimum Gasteiger partial charge on any atom is -0.338 e. The highest BCUT2D eigenvalue weighted by Crippen LogP contribution is 2.33. The molecule has 0 aromatic carbocycles. The maximum Gasteiger partial charge on any atom is 0.315 e. The van der Waals surface area contributed by atoms with Crippen LogP contribution in [0.25, 0.3) is 0 Å². The number of thioether (sulfide) groups is 1. The van der Waals surface area contributed by atoms with Crippen molar-refractivity contribution in [3.8, 4) is 0 Å². The molecule has 136 valence electrons. The van der Waals surface area contributed by atoms with Gasteiger partial charge in [-0.2, -0.15) is 0 Å². The molecular formula is C17H25N5OS2. The molecule has 2 N–H and O–H groups in total. The highest BCUT2D eigenvalue weighted by atomic mass is 32.2. The third kappa shape index (κ3) is 4.98. The number of carbonyl (C=O) groups is 1. The Morgan fingerprint density at radius 2 is 2.20 bits per heavy atom. The average Bonchev–Trinajstić information content (AvgIpc) is 3.38. The highest BCUT2D eigenvalue weighted by Gasteiger charge is 2.23. The summed E-state index contributed by atoms with van der Waals surface area (Å²) in [5, 5.41) is 17.5. The van der Waals surface area contributed by atoms with Gasteiger partial charge >= 0.3 is 6.03 Å². The predicted molar refractivity (Wildman–Crippen MR) is 102 cm³/mol. The zero-order chi connectivity index (χ0) is 17.5. The number of amides is 2. The van der Waals surface area contributed by atoms with Crippen molar-refractivity contribution in [1.82, 2.24) is 25.4 Å². The summed E-state index contributed by atoms with van der Waals surface area (Å²) in [6.45, 7) is 1.22. The Hall–Kier alpha value is -1.54. The van der Waals surface area contributed by atoms with E-state index in [0.717, 1.165) is 28.7 Å². The summed E-state index contributed by atoms with van der Waals surface area (Å²) in [6.07, 6.45) is 8.80. The van der Waals surface area contributed by atoms with E-state index in [1.54, 1.807) is 23.1 Å². The lowest BCUT2D eigenvalue weighted by molar-refractivity contribution is 0.240. The Morgan fingerprint density at radius 1 is 1.36 bits per heavy atom. The largest absolute Gasteiger partial charge is 0.338 e.